The number of amides is 1. The molecule has 0 spiro atoms. The summed E-state index contributed by atoms with van der Waals surface area (Å²) in [6, 6.07) is 7.55. The zero-order chi connectivity index (χ0) is 15.2. The number of carbonyl (C=O) groups is 1. The molecule has 1 aromatic carbocycles. The Morgan fingerprint density at radius 1 is 1.29 bits per heavy atom. The molecule has 3 nitrogen and oxygen atoms in total. The van der Waals surface area contributed by atoms with Crippen LogP contribution in [0.1, 0.15) is 5.56 Å². The van der Waals surface area contributed by atoms with E-state index in [0.717, 1.165) is 5.56 Å². The summed E-state index contributed by atoms with van der Waals surface area (Å²) in [7, 11) is 0. The van der Waals surface area contributed by atoms with Crippen molar-refractivity contribution < 1.29 is 9.53 Å². The van der Waals surface area contributed by atoms with Crippen LogP contribution < -0.4 is 4.74 Å². The fraction of sp³-hybridized carbons (Fsp3) is 0.125. The van der Waals surface area contributed by atoms with Crippen molar-refractivity contribution in [3.8, 4) is 5.75 Å². The zero-order valence-corrected chi connectivity index (χ0v) is 13.1. The van der Waals surface area contributed by atoms with Crippen LogP contribution >= 0.6 is 24.0 Å². The third-order valence-corrected chi connectivity index (χ3v) is 4.13. The van der Waals surface area contributed by atoms with Crippen LogP contribution in [0.4, 0.5) is 0 Å². The molecule has 1 aliphatic rings. The lowest BCUT2D eigenvalue weighted by molar-refractivity contribution is -0.121. The second kappa shape index (κ2) is 7.24. The van der Waals surface area contributed by atoms with E-state index in [4.69, 9.17) is 17.0 Å². The maximum Gasteiger partial charge on any atom is 0.266 e. The molecule has 108 valence electrons. The molecule has 5 heteroatoms. The van der Waals surface area contributed by atoms with Gasteiger partial charge in [-0.2, -0.15) is 0 Å². The van der Waals surface area contributed by atoms with Gasteiger partial charge in [-0.05, 0) is 12.1 Å². The molecular formula is C16H15NO2S2. The van der Waals surface area contributed by atoms with Crippen molar-refractivity contribution in [2.24, 2.45) is 0 Å². The van der Waals surface area contributed by atoms with Crippen molar-refractivity contribution >= 4 is 40.3 Å². The number of thioether (sulfide) groups is 1. The molecule has 0 bridgehead atoms. The molecule has 0 saturated carbocycles. The first-order chi connectivity index (χ1) is 10.2. The molecule has 0 aliphatic carbocycles. The quantitative estimate of drug-likeness (QED) is 0.455. The second-order valence-electron chi connectivity index (χ2n) is 4.22. The van der Waals surface area contributed by atoms with Crippen molar-refractivity contribution in [3.05, 3.63) is 60.0 Å². The molecule has 1 amide bonds. The van der Waals surface area contributed by atoms with Crippen molar-refractivity contribution in [1.82, 2.24) is 4.90 Å². The topological polar surface area (TPSA) is 29.5 Å². The van der Waals surface area contributed by atoms with E-state index in [2.05, 4.69) is 13.2 Å². The van der Waals surface area contributed by atoms with Crippen LogP contribution in [0.3, 0.4) is 0 Å². The Balaban J connectivity index is 2.28. The summed E-state index contributed by atoms with van der Waals surface area (Å²) in [5.41, 5.74) is 0.846. The highest BCUT2D eigenvalue weighted by Crippen LogP contribution is 2.34. The number of hydrogen-bond acceptors (Lipinski definition) is 4. The van der Waals surface area contributed by atoms with Gasteiger partial charge < -0.3 is 4.74 Å². The van der Waals surface area contributed by atoms with Crippen LogP contribution in [0.15, 0.2) is 54.5 Å². The van der Waals surface area contributed by atoms with Gasteiger partial charge in [0.1, 0.15) is 16.7 Å². The molecular weight excluding hydrogens is 302 g/mol. The highest BCUT2D eigenvalue weighted by molar-refractivity contribution is 8.26. The summed E-state index contributed by atoms with van der Waals surface area (Å²) < 4.78 is 6.14. The van der Waals surface area contributed by atoms with Gasteiger partial charge in [0.2, 0.25) is 0 Å². The highest BCUT2D eigenvalue weighted by Gasteiger charge is 2.31. The number of benzene rings is 1. The first-order valence-corrected chi connectivity index (χ1v) is 7.59. The van der Waals surface area contributed by atoms with Crippen LogP contribution in [-0.2, 0) is 4.79 Å². The van der Waals surface area contributed by atoms with Crippen molar-refractivity contribution in [2.75, 3.05) is 13.2 Å². The lowest BCUT2D eigenvalue weighted by Crippen LogP contribution is -2.27. The smallest absolute Gasteiger partial charge is 0.266 e. The molecule has 0 aromatic heterocycles. The molecule has 0 N–H and O–H groups in total. The van der Waals surface area contributed by atoms with Gasteiger partial charge in [0.25, 0.3) is 5.91 Å². The van der Waals surface area contributed by atoms with Crippen LogP contribution in [0, 0.1) is 0 Å². The van der Waals surface area contributed by atoms with E-state index >= 15 is 0 Å². The largest absolute Gasteiger partial charge is 0.489 e. The van der Waals surface area contributed by atoms with Crippen LogP contribution in [-0.4, -0.2) is 28.3 Å². The molecule has 2 rings (SSSR count). The fourth-order valence-corrected chi connectivity index (χ4v) is 3.07. The first kappa shape index (κ1) is 15.5. The van der Waals surface area contributed by atoms with E-state index in [9.17, 15) is 4.79 Å². The van der Waals surface area contributed by atoms with Gasteiger partial charge in [0.15, 0.2) is 0 Å². The van der Waals surface area contributed by atoms with Crippen molar-refractivity contribution in [2.45, 2.75) is 0 Å². The van der Waals surface area contributed by atoms with Gasteiger partial charge in [-0.15, -0.1) is 6.58 Å². The van der Waals surface area contributed by atoms with Crippen molar-refractivity contribution in [3.63, 3.8) is 0 Å². The molecule has 0 radical (unpaired) electrons. The number of carbonyl (C=O) groups excluding carboxylic acids is 1. The van der Waals surface area contributed by atoms with E-state index in [1.165, 1.54) is 16.7 Å². The minimum atomic E-state index is -0.0941. The molecule has 1 heterocycles. The summed E-state index contributed by atoms with van der Waals surface area (Å²) >= 11 is 6.51. The minimum Gasteiger partial charge on any atom is -0.489 e. The van der Waals surface area contributed by atoms with E-state index < -0.39 is 0 Å². The van der Waals surface area contributed by atoms with Gasteiger partial charge >= 0.3 is 0 Å². The van der Waals surface area contributed by atoms with Crippen molar-refractivity contribution in [1.29, 1.82) is 0 Å². The van der Waals surface area contributed by atoms with Gasteiger partial charge in [0.05, 0.1) is 4.91 Å². The lowest BCUT2D eigenvalue weighted by atomic mass is 10.2. The Hall–Kier alpha value is -1.85. The second-order valence-corrected chi connectivity index (χ2v) is 5.89. The Morgan fingerprint density at radius 2 is 2.05 bits per heavy atom. The maximum absolute atomic E-state index is 12.3. The number of rotatable bonds is 6. The third-order valence-electron chi connectivity index (χ3n) is 2.75. The molecule has 1 aliphatic heterocycles. The van der Waals surface area contributed by atoms with E-state index in [1.807, 2.05) is 24.3 Å². The van der Waals surface area contributed by atoms with Gasteiger partial charge in [0, 0.05) is 12.1 Å². The average molecular weight is 317 g/mol. The van der Waals surface area contributed by atoms with Crippen LogP contribution in [0.2, 0.25) is 0 Å². The summed E-state index contributed by atoms with van der Waals surface area (Å²) in [5, 5.41) is 0. The molecule has 1 saturated heterocycles. The monoisotopic (exact) mass is 317 g/mol. The van der Waals surface area contributed by atoms with Crippen LogP contribution in [0.5, 0.6) is 5.75 Å². The fourth-order valence-electron chi connectivity index (χ4n) is 1.81. The van der Waals surface area contributed by atoms with Crippen LogP contribution in [0.25, 0.3) is 6.08 Å². The van der Waals surface area contributed by atoms with Gasteiger partial charge in [-0.25, -0.2) is 0 Å². The predicted octanol–water partition coefficient (Wildman–Crippen LogP) is 3.64. The average Bonchev–Trinajstić information content (AvgIpc) is 2.74. The van der Waals surface area contributed by atoms with Gasteiger partial charge in [-0.3, -0.25) is 9.69 Å². The predicted molar refractivity (Wildman–Crippen MR) is 92.2 cm³/mol. The number of para-hydroxylation sites is 1. The maximum atomic E-state index is 12.3. The Labute approximate surface area is 134 Å². The van der Waals surface area contributed by atoms with E-state index in [1.54, 1.807) is 18.2 Å². The number of ether oxygens (including phenoxy) is 1. The number of thiocarbonyl (C=S) groups is 1. The summed E-state index contributed by atoms with van der Waals surface area (Å²) in [5.74, 6) is 0.620. The van der Waals surface area contributed by atoms with E-state index in [0.29, 0.717) is 28.1 Å². The number of nitrogens with zero attached hydrogens (tertiary/aromatic N) is 1. The lowest BCUT2D eigenvalue weighted by Gasteiger charge is -2.10. The van der Waals surface area contributed by atoms with Gasteiger partial charge in [-0.1, -0.05) is 60.9 Å². The minimum absolute atomic E-state index is 0.0941. The number of hydrogen-bond donors (Lipinski definition) is 0. The molecule has 0 atom stereocenters. The summed E-state index contributed by atoms with van der Waals surface area (Å²) in [4.78, 5) is 14.4. The molecule has 1 aromatic rings. The molecule has 21 heavy (non-hydrogen) atoms. The molecule has 1 fully saturated rings. The standard InChI is InChI=1S/C16H15NO2S2/c1-3-9-17-15(18)14(21-16(17)20)11-12-7-5-6-8-13(12)19-10-4-2/h3-8,11H,1-2,9-10H2/b14-11+. The third kappa shape index (κ3) is 3.62. The molecule has 0 unspecified atom stereocenters. The van der Waals surface area contributed by atoms with E-state index in [-0.39, 0.29) is 5.91 Å². The summed E-state index contributed by atoms with van der Waals surface area (Å²) in [6.45, 7) is 8.11. The summed E-state index contributed by atoms with van der Waals surface area (Å²) in [6.07, 6.45) is 5.15. The zero-order valence-electron chi connectivity index (χ0n) is 11.5. The highest BCUT2D eigenvalue weighted by atomic mass is 32.2. The Kier molecular flexibility index (Phi) is 5.36. The Morgan fingerprint density at radius 3 is 2.76 bits per heavy atom. The SMILES string of the molecule is C=CCOc1ccccc1/C=C1/SC(=S)N(CC=C)C1=O. The normalized spacial score (nSPS) is 16.4. The Bertz CT molecular complexity index is 622. The first-order valence-electron chi connectivity index (χ1n) is 6.36.